The highest BCUT2D eigenvalue weighted by atomic mass is 16.5. The highest BCUT2D eigenvalue weighted by Gasteiger charge is 2.19. The topological polar surface area (TPSA) is 79.0 Å². The molecule has 2 aromatic heterocycles. The number of pyridine rings is 1. The van der Waals surface area contributed by atoms with E-state index in [4.69, 9.17) is 4.74 Å². The molecule has 0 fully saturated rings. The number of benzene rings is 2. The second kappa shape index (κ2) is 6.92. The molecule has 0 saturated carbocycles. The summed E-state index contributed by atoms with van der Waals surface area (Å²) in [5.74, 6) is -0.619. The van der Waals surface area contributed by atoms with Crippen molar-refractivity contribution in [2.24, 2.45) is 7.05 Å². The molecule has 2 heterocycles. The zero-order chi connectivity index (χ0) is 19.8. The Morgan fingerprint density at radius 3 is 2.61 bits per heavy atom. The molecule has 4 aromatic rings. The van der Waals surface area contributed by atoms with Crippen molar-refractivity contribution in [2.75, 3.05) is 6.61 Å². The molecule has 7 nitrogen and oxygen atoms in total. The lowest BCUT2D eigenvalue weighted by atomic mass is 10.1. The Labute approximate surface area is 161 Å². The second-order valence-electron chi connectivity index (χ2n) is 6.75. The van der Waals surface area contributed by atoms with Gasteiger partial charge in [-0.15, -0.1) is 5.10 Å². The van der Waals surface area contributed by atoms with Gasteiger partial charge in [-0.1, -0.05) is 35.0 Å². The summed E-state index contributed by atoms with van der Waals surface area (Å²) in [5.41, 5.74) is 3.96. The second-order valence-corrected chi connectivity index (χ2v) is 6.75. The van der Waals surface area contributed by atoms with Crippen LogP contribution in [0.3, 0.4) is 0 Å². The number of esters is 1. The number of fused-ring (bicyclic) bond motifs is 3. The first-order valence-corrected chi connectivity index (χ1v) is 9.07. The van der Waals surface area contributed by atoms with Gasteiger partial charge in [-0.3, -0.25) is 4.79 Å². The van der Waals surface area contributed by atoms with Gasteiger partial charge in [0.25, 0.3) is 0 Å². The first-order valence-electron chi connectivity index (χ1n) is 9.07. The summed E-state index contributed by atoms with van der Waals surface area (Å²) >= 11 is 0. The Hall–Kier alpha value is -3.48. The summed E-state index contributed by atoms with van der Waals surface area (Å²) in [6, 6.07) is 11.6. The van der Waals surface area contributed by atoms with E-state index < -0.39 is 5.97 Å². The number of ether oxygens (including phenoxy) is 1. The fourth-order valence-corrected chi connectivity index (χ4v) is 3.36. The van der Waals surface area contributed by atoms with Crippen molar-refractivity contribution in [2.45, 2.75) is 20.4 Å². The molecule has 0 bridgehead atoms. The Kier molecular flexibility index (Phi) is 4.43. The number of carbonyl (C=O) groups excluding carboxylic acids is 1. The standard InChI is InChI=1S/C21H20N4O3/c1-4-28-21(27)16-12-25(11-14-7-5-13(2)6-8-14)19-15(20(16)26)9-10-17-18(19)22-23-24(17)3/h5-10,12H,4,11H2,1-3H3. The number of rotatable bonds is 4. The van der Waals surface area contributed by atoms with Crippen LogP contribution in [0.2, 0.25) is 0 Å². The normalized spacial score (nSPS) is 11.2. The average molecular weight is 376 g/mol. The van der Waals surface area contributed by atoms with Gasteiger partial charge in [0.1, 0.15) is 11.1 Å². The number of aryl methyl sites for hydroxylation is 2. The lowest BCUT2D eigenvalue weighted by molar-refractivity contribution is 0.0524. The van der Waals surface area contributed by atoms with Crippen LogP contribution in [-0.2, 0) is 18.3 Å². The molecule has 0 aliphatic rings. The van der Waals surface area contributed by atoms with Crippen LogP contribution < -0.4 is 5.43 Å². The summed E-state index contributed by atoms with van der Waals surface area (Å²) < 4.78 is 8.63. The van der Waals surface area contributed by atoms with Gasteiger partial charge in [0.05, 0.1) is 17.6 Å². The molecule has 0 unspecified atom stereocenters. The van der Waals surface area contributed by atoms with E-state index in [1.165, 1.54) is 0 Å². The maximum Gasteiger partial charge on any atom is 0.343 e. The minimum absolute atomic E-state index is 0.0182. The molecule has 0 spiro atoms. The number of hydrogen-bond acceptors (Lipinski definition) is 5. The maximum absolute atomic E-state index is 13.0. The zero-order valence-corrected chi connectivity index (χ0v) is 16.0. The number of hydrogen-bond donors (Lipinski definition) is 0. The predicted octanol–water partition coefficient (Wildman–Crippen LogP) is 2.82. The van der Waals surface area contributed by atoms with Crippen LogP contribution in [-0.4, -0.2) is 32.1 Å². The van der Waals surface area contributed by atoms with Gasteiger partial charge in [0.2, 0.25) is 5.43 Å². The fourth-order valence-electron chi connectivity index (χ4n) is 3.36. The van der Waals surface area contributed by atoms with Crippen molar-refractivity contribution < 1.29 is 9.53 Å². The van der Waals surface area contributed by atoms with Crippen LogP contribution in [0.15, 0.2) is 47.4 Å². The lowest BCUT2D eigenvalue weighted by Gasteiger charge is -2.14. The maximum atomic E-state index is 13.0. The third-order valence-corrected chi connectivity index (χ3v) is 4.79. The van der Waals surface area contributed by atoms with Gasteiger partial charge >= 0.3 is 5.97 Å². The molecule has 0 saturated heterocycles. The van der Waals surface area contributed by atoms with E-state index in [2.05, 4.69) is 10.3 Å². The van der Waals surface area contributed by atoms with Crippen molar-refractivity contribution >= 4 is 27.9 Å². The minimum Gasteiger partial charge on any atom is -0.462 e. The number of nitrogens with zero attached hydrogens (tertiary/aromatic N) is 4. The van der Waals surface area contributed by atoms with Crippen molar-refractivity contribution in [3.8, 4) is 0 Å². The van der Waals surface area contributed by atoms with E-state index in [0.29, 0.717) is 23.0 Å². The monoisotopic (exact) mass is 376 g/mol. The third-order valence-electron chi connectivity index (χ3n) is 4.79. The molecule has 28 heavy (non-hydrogen) atoms. The van der Waals surface area contributed by atoms with Gasteiger partial charge in [-0.2, -0.15) is 0 Å². The van der Waals surface area contributed by atoms with Gasteiger partial charge in [0.15, 0.2) is 0 Å². The third kappa shape index (κ3) is 2.94. The Morgan fingerprint density at radius 1 is 1.14 bits per heavy atom. The van der Waals surface area contributed by atoms with E-state index in [-0.39, 0.29) is 17.6 Å². The smallest absolute Gasteiger partial charge is 0.343 e. The molecule has 2 aromatic carbocycles. The zero-order valence-electron chi connectivity index (χ0n) is 16.0. The van der Waals surface area contributed by atoms with E-state index in [1.54, 1.807) is 37.0 Å². The predicted molar refractivity (Wildman–Crippen MR) is 107 cm³/mol. The highest BCUT2D eigenvalue weighted by molar-refractivity contribution is 6.04. The molecule has 0 N–H and O–H groups in total. The molecule has 4 rings (SSSR count). The summed E-state index contributed by atoms with van der Waals surface area (Å²) in [7, 11) is 1.80. The van der Waals surface area contributed by atoms with Crippen molar-refractivity contribution in [1.82, 2.24) is 19.6 Å². The van der Waals surface area contributed by atoms with E-state index in [1.807, 2.05) is 35.8 Å². The van der Waals surface area contributed by atoms with E-state index in [0.717, 1.165) is 16.6 Å². The Balaban J connectivity index is 2.01. The van der Waals surface area contributed by atoms with Crippen LogP contribution in [0.25, 0.3) is 21.9 Å². The lowest BCUT2D eigenvalue weighted by Crippen LogP contribution is -2.21. The molecular weight excluding hydrogens is 356 g/mol. The number of carbonyl (C=O) groups is 1. The van der Waals surface area contributed by atoms with Gasteiger partial charge in [-0.25, -0.2) is 9.48 Å². The fraction of sp³-hybridized carbons (Fsp3) is 0.238. The minimum atomic E-state index is -0.619. The Bertz CT molecular complexity index is 1250. The molecule has 0 atom stereocenters. The first kappa shape index (κ1) is 17.9. The van der Waals surface area contributed by atoms with Gasteiger partial charge < -0.3 is 9.30 Å². The first-order chi connectivity index (χ1) is 13.5. The quantitative estimate of drug-likeness (QED) is 0.512. The molecule has 0 radical (unpaired) electrons. The largest absolute Gasteiger partial charge is 0.462 e. The van der Waals surface area contributed by atoms with Crippen LogP contribution in [0, 0.1) is 6.92 Å². The van der Waals surface area contributed by atoms with Gasteiger partial charge in [0, 0.05) is 25.2 Å². The SMILES string of the molecule is CCOC(=O)c1cn(Cc2ccc(C)cc2)c2c(ccc3c2nnn3C)c1=O. The van der Waals surface area contributed by atoms with Crippen LogP contribution in [0.5, 0.6) is 0 Å². The van der Waals surface area contributed by atoms with Crippen molar-refractivity contribution in [3.05, 3.63) is 69.5 Å². The van der Waals surface area contributed by atoms with Crippen LogP contribution in [0.1, 0.15) is 28.4 Å². The molecule has 7 heteroatoms. The van der Waals surface area contributed by atoms with E-state index in [9.17, 15) is 9.59 Å². The van der Waals surface area contributed by atoms with Crippen molar-refractivity contribution in [3.63, 3.8) is 0 Å². The van der Waals surface area contributed by atoms with Gasteiger partial charge in [-0.05, 0) is 31.5 Å². The van der Waals surface area contributed by atoms with Crippen LogP contribution in [0.4, 0.5) is 0 Å². The summed E-state index contributed by atoms with van der Waals surface area (Å²) in [6.07, 6.45) is 1.57. The van der Waals surface area contributed by atoms with Crippen LogP contribution >= 0.6 is 0 Å². The summed E-state index contributed by atoms with van der Waals surface area (Å²) in [6.45, 7) is 4.43. The molecule has 142 valence electrons. The average Bonchev–Trinajstić information content (AvgIpc) is 3.06. The number of aromatic nitrogens is 4. The summed E-state index contributed by atoms with van der Waals surface area (Å²) in [5, 5.41) is 8.76. The highest BCUT2D eigenvalue weighted by Crippen LogP contribution is 2.23. The molecule has 0 aliphatic heterocycles. The summed E-state index contributed by atoms with van der Waals surface area (Å²) in [4.78, 5) is 25.3. The van der Waals surface area contributed by atoms with E-state index >= 15 is 0 Å². The van der Waals surface area contributed by atoms with Crippen molar-refractivity contribution in [1.29, 1.82) is 0 Å². The molecule has 0 aliphatic carbocycles. The molecular formula is C21H20N4O3. The molecule has 0 amide bonds. The Morgan fingerprint density at radius 2 is 1.89 bits per heavy atom.